The molecule has 0 unspecified atom stereocenters. The van der Waals surface area contributed by atoms with Crippen molar-refractivity contribution in [1.29, 1.82) is 0 Å². The van der Waals surface area contributed by atoms with Crippen LogP contribution in [0.1, 0.15) is 32.5 Å². The van der Waals surface area contributed by atoms with Gasteiger partial charge < -0.3 is 10.2 Å². The van der Waals surface area contributed by atoms with Crippen LogP contribution in [0.5, 0.6) is 0 Å². The Balaban J connectivity index is 2.19. The van der Waals surface area contributed by atoms with Gasteiger partial charge >= 0.3 is 0 Å². The van der Waals surface area contributed by atoms with Crippen LogP contribution in [0.25, 0.3) is 0 Å². The smallest absolute Gasteiger partial charge is 0.134 e. The molecule has 0 aliphatic carbocycles. The lowest BCUT2D eigenvalue weighted by atomic mass is 9.99. The first-order valence-electron chi connectivity index (χ1n) is 6.53. The molecule has 0 bridgehead atoms. The lowest BCUT2D eigenvalue weighted by molar-refractivity contribution is 0.436. The predicted octanol–water partition coefficient (Wildman–Crippen LogP) is 2.32. The predicted molar refractivity (Wildman–Crippen MR) is 71.6 cm³/mol. The highest BCUT2D eigenvalue weighted by Gasteiger charge is 2.17. The summed E-state index contributed by atoms with van der Waals surface area (Å²) in [5, 5.41) is 3.11. The second-order valence-corrected chi connectivity index (χ2v) is 4.80. The van der Waals surface area contributed by atoms with Gasteiger partial charge in [-0.15, -0.1) is 0 Å². The van der Waals surface area contributed by atoms with Crippen molar-refractivity contribution in [3.05, 3.63) is 11.9 Å². The molecule has 2 rings (SSSR count). The van der Waals surface area contributed by atoms with Gasteiger partial charge in [0.15, 0.2) is 0 Å². The average molecular weight is 234 g/mol. The Labute approximate surface area is 103 Å². The van der Waals surface area contributed by atoms with Crippen molar-refractivity contribution in [3.8, 4) is 0 Å². The number of rotatable bonds is 3. The molecule has 4 nitrogen and oxygen atoms in total. The fourth-order valence-corrected chi connectivity index (χ4v) is 2.17. The summed E-state index contributed by atoms with van der Waals surface area (Å²) < 4.78 is 0. The minimum Gasteiger partial charge on any atom is -0.373 e. The SMILES string of the molecule is CCc1nc(NC)cc(N2CCC(C)CC2)n1. The summed E-state index contributed by atoms with van der Waals surface area (Å²) >= 11 is 0. The first-order valence-corrected chi connectivity index (χ1v) is 6.53. The van der Waals surface area contributed by atoms with Crippen molar-refractivity contribution < 1.29 is 0 Å². The molecule has 0 amide bonds. The number of hydrogen-bond acceptors (Lipinski definition) is 4. The summed E-state index contributed by atoms with van der Waals surface area (Å²) in [4.78, 5) is 11.4. The Morgan fingerprint density at radius 2 is 2.06 bits per heavy atom. The number of hydrogen-bond donors (Lipinski definition) is 1. The van der Waals surface area contributed by atoms with E-state index >= 15 is 0 Å². The zero-order valence-corrected chi connectivity index (χ0v) is 11.0. The van der Waals surface area contributed by atoms with Crippen LogP contribution >= 0.6 is 0 Å². The molecule has 1 aromatic heterocycles. The second kappa shape index (κ2) is 5.34. The van der Waals surface area contributed by atoms with Gasteiger partial charge in [0.1, 0.15) is 17.5 Å². The summed E-state index contributed by atoms with van der Waals surface area (Å²) in [6, 6.07) is 2.05. The van der Waals surface area contributed by atoms with Crippen molar-refractivity contribution in [2.24, 2.45) is 5.92 Å². The summed E-state index contributed by atoms with van der Waals surface area (Å²) in [5.41, 5.74) is 0. The molecule has 0 atom stereocenters. The van der Waals surface area contributed by atoms with Gasteiger partial charge in [-0.3, -0.25) is 0 Å². The molecule has 1 saturated heterocycles. The van der Waals surface area contributed by atoms with Gasteiger partial charge in [-0.2, -0.15) is 0 Å². The number of nitrogens with zero attached hydrogens (tertiary/aromatic N) is 3. The van der Waals surface area contributed by atoms with Gasteiger partial charge in [-0.05, 0) is 18.8 Å². The third kappa shape index (κ3) is 2.87. The molecule has 1 aliphatic rings. The highest BCUT2D eigenvalue weighted by molar-refractivity contribution is 5.49. The van der Waals surface area contributed by atoms with Crippen LogP contribution in [0.3, 0.4) is 0 Å². The van der Waals surface area contributed by atoms with Crippen LogP contribution in [-0.2, 0) is 6.42 Å². The van der Waals surface area contributed by atoms with E-state index < -0.39 is 0 Å². The van der Waals surface area contributed by atoms with E-state index in [-0.39, 0.29) is 0 Å². The van der Waals surface area contributed by atoms with Gasteiger partial charge in [0.25, 0.3) is 0 Å². The van der Waals surface area contributed by atoms with Gasteiger partial charge in [0.2, 0.25) is 0 Å². The Bertz CT molecular complexity index is 347. The maximum atomic E-state index is 4.62. The minimum atomic E-state index is 0.850. The zero-order chi connectivity index (χ0) is 12.3. The van der Waals surface area contributed by atoms with Crippen LogP contribution in [-0.4, -0.2) is 30.1 Å². The van der Waals surface area contributed by atoms with Crippen molar-refractivity contribution in [1.82, 2.24) is 9.97 Å². The molecule has 1 fully saturated rings. The standard InChI is InChI=1S/C13H22N4/c1-4-11-15-12(14-3)9-13(16-11)17-7-5-10(2)6-8-17/h9-10H,4-8H2,1-3H3,(H,14,15,16). The summed E-state index contributed by atoms with van der Waals surface area (Å²) in [6.45, 7) is 6.65. The van der Waals surface area contributed by atoms with E-state index in [9.17, 15) is 0 Å². The van der Waals surface area contributed by atoms with Crippen LogP contribution in [0.2, 0.25) is 0 Å². The van der Waals surface area contributed by atoms with E-state index in [4.69, 9.17) is 0 Å². The maximum Gasteiger partial charge on any atom is 0.134 e. The lowest BCUT2D eigenvalue weighted by Gasteiger charge is -2.31. The van der Waals surface area contributed by atoms with Crippen LogP contribution in [0.15, 0.2) is 6.07 Å². The number of anilines is 2. The van der Waals surface area contributed by atoms with Gasteiger partial charge in [-0.25, -0.2) is 9.97 Å². The molecule has 0 saturated carbocycles. The summed E-state index contributed by atoms with van der Waals surface area (Å²) in [6.07, 6.45) is 3.41. The first kappa shape index (κ1) is 12.1. The largest absolute Gasteiger partial charge is 0.373 e. The van der Waals surface area contributed by atoms with Gasteiger partial charge in [-0.1, -0.05) is 13.8 Å². The fraction of sp³-hybridized carbons (Fsp3) is 0.692. The summed E-state index contributed by atoms with van der Waals surface area (Å²) in [7, 11) is 1.91. The molecule has 1 aromatic rings. The quantitative estimate of drug-likeness (QED) is 0.871. The molecule has 0 radical (unpaired) electrons. The number of nitrogens with one attached hydrogen (secondary N) is 1. The number of piperidine rings is 1. The van der Waals surface area contributed by atoms with E-state index in [1.165, 1.54) is 12.8 Å². The van der Waals surface area contributed by atoms with Crippen molar-refractivity contribution in [2.75, 3.05) is 30.4 Å². The van der Waals surface area contributed by atoms with E-state index in [1.807, 2.05) is 7.05 Å². The highest BCUT2D eigenvalue weighted by Crippen LogP contribution is 2.23. The second-order valence-electron chi connectivity index (χ2n) is 4.80. The Morgan fingerprint density at radius 1 is 1.35 bits per heavy atom. The summed E-state index contributed by atoms with van der Waals surface area (Å²) in [5.74, 6) is 3.77. The molecule has 0 aromatic carbocycles. The van der Waals surface area contributed by atoms with Crippen molar-refractivity contribution in [3.63, 3.8) is 0 Å². The van der Waals surface area contributed by atoms with Gasteiger partial charge in [0.05, 0.1) is 0 Å². The molecule has 17 heavy (non-hydrogen) atoms. The van der Waals surface area contributed by atoms with E-state index in [0.29, 0.717) is 0 Å². The molecule has 4 heteroatoms. The van der Waals surface area contributed by atoms with E-state index in [2.05, 4.69) is 40.1 Å². The molecular weight excluding hydrogens is 212 g/mol. The van der Waals surface area contributed by atoms with Crippen LogP contribution in [0, 0.1) is 5.92 Å². The Morgan fingerprint density at radius 3 is 2.65 bits per heavy atom. The monoisotopic (exact) mass is 234 g/mol. The number of aromatic nitrogens is 2. The number of aryl methyl sites for hydroxylation is 1. The van der Waals surface area contributed by atoms with E-state index in [1.54, 1.807) is 0 Å². The van der Waals surface area contributed by atoms with Crippen molar-refractivity contribution in [2.45, 2.75) is 33.1 Å². The molecule has 1 N–H and O–H groups in total. The Hall–Kier alpha value is -1.32. The van der Waals surface area contributed by atoms with Gasteiger partial charge in [0, 0.05) is 32.6 Å². The van der Waals surface area contributed by atoms with Crippen LogP contribution < -0.4 is 10.2 Å². The highest BCUT2D eigenvalue weighted by atomic mass is 15.2. The average Bonchev–Trinajstić information content (AvgIpc) is 2.39. The van der Waals surface area contributed by atoms with Crippen molar-refractivity contribution >= 4 is 11.6 Å². The minimum absolute atomic E-state index is 0.850. The normalized spacial score (nSPS) is 17.2. The van der Waals surface area contributed by atoms with Crippen LogP contribution in [0.4, 0.5) is 11.6 Å². The fourth-order valence-electron chi connectivity index (χ4n) is 2.17. The first-order chi connectivity index (χ1) is 8.22. The molecular formula is C13H22N4. The van der Waals surface area contributed by atoms with E-state index in [0.717, 1.165) is 42.9 Å². The molecule has 94 valence electrons. The zero-order valence-electron chi connectivity index (χ0n) is 11.0. The molecule has 0 spiro atoms. The third-order valence-electron chi connectivity index (χ3n) is 3.44. The lowest BCUT2D eigenvalue weighted by Crippen LogP contribution is -2.33. The maximum absolute atomic E-state index is 4.62. The topological polar surface area (TPSA) is 41.1 Å². The molecule has 1 aliphatic heterocycles. The third-order valence-corrected chi connectivity index (χ3v) is 3.44. The Kier molecular flexibility index (Phi) is 3.82. The molecule has 2 heterocycles.